The summed E-state index contributed by atoms with van der Waals surface area (Å²) in [5, 5.41) is 7.29. The van der Waals surface area contributed by atoms with Crippen LogP contribution >= 0.6 is 23.4 Å². The number of ether oxygens (including phenoxy) is 2. The minimum Gasteiger partial charge on any atom is -0.497 e. The van der Waals surface area contributed by atoms with Crippen molar-refractivity contribution in [2.75, 3.05) is 26.0 Å². The Morgan fingerprint density at radius 1 is 1.21 bits per heavy atom. The number of hydrogen-bond donors (Lipinski definition) is 0. The SMILES string of the molecule is C=CCN1CC(Oc2ccc(OC)cc2)=NC(SCC(=O)c2ccc(Cl)cc2)=N1. The van der Waals surface area contributed by atoms with Crippen molar-refractivity contribution in [2.24, 2.45) is 10.1 Å². The van der Waals surface area contributed by atoms with Crippen LogP contribution in [0.3, 0.4) is 0 Å². The standard InChI is InChI=1S/C21H20ClN3O3S/c1-3-12-25-13-20(28-18-10-8-17(27-2)9-11-18)23-21(24-25)29-14-19(26)15-4-6-16(22)7-5-15/h3-11H,1,12-14H2,2H3. The van der Waals surface area contributed by atoms with E-state index in [1.165, 1.54) is 11.8 Å². The van der Waals surface area contributed by atoms with E-state index in [4.69, 9.17) is 21.1 Å². The first-order valence-electron chi connectivity index (χ1n) is 8.83. The maximum atomic E-state index is 12.4. The van der Waals surface area contributed by atoms with Crippen LogP contribution in [0, 0.1) is 0 Å². The van der Waals surface area contributed by atoms with E-state index in [1.54, 1.807) is 42.5 Å². The number of hydrogen-bond acceptors (Lipinski definition) is 7. The molecule has 8 heteroatoms. The van der Waals surface area contributed by atoms with Crippen molar-refractivity contribution in [3.8, 4) is 11.5 Å². The molecule has 0 bridgehead atoms. The van der Waals surface area contributed by atoms with Crippen molar-refractivity contribution in [2.45, 2.75) is 0 Å². The molecule has 0 fully saturated rings. The number of rotatable bonds is 7. The van der Waals surface area contributed by atoms with Gasteiger partial charge in [0.25, 0.3) is 0 Å². The quantitative estimate of drug-likeness (QED) is 0.478. The molecule has 1 aliphatic rings. The number of carbonyl (C=O) groups excluding carboxylic acids is 1. The summed E-state index contributed by atoms with van der Waals surface area (Å²) in [6.07, 6.45) is 1.75. The number of aliphatic imine (C=N–C) groups is 1. The number of methoxy groups -OCH3 is 1. The van der Waals surface area contributed by atoms with Crippen molar-refractivity contribution in [1.29, 1.82) is 0 Å². The van der Waals surface area contributed by atoms with Gasteiger partial charge in [0.1, 0.15) is 18.0 Å². The Morgan fingerprint density at radius 2 is 1.90 bits per heavy atom. The molecule has 2 aromatic carbocycles. The van der Waals surface area contributed by atoms with Crippen LogP contribution in [0.1, 0.15) is 10.4 Å². The lowest BCUT2D eigenvalue weighted by Gasteiger charge is -2.23. The van der Waals surface area contributed by atoms with E-state index in [1.807, 2.05) is 24.3 Å². The first-order valence-corrected chi connectivity index (χ1v) is 10.2. The average Bonchev–Trinajstić information content (AvgIpc) is 2.73. The van der Waals surface area contributed by atoms with Crippen LogP contribution in [0.5, 0.6) is 11.5 Å². The van der Waals surface area contributed by atoms with E-state index < -0.39 is 0 Å². The Balaban J connectivity index is 1.68. The molecule has 150 valence electrons. The van der Waals surface area contributed by atoms with Crippen molar-refractivity contribution in [3.05, 3.63) is 71.8 Å². The molecule has 0 atom stereocenters. The molecular weight excluding hydrogens is 410 g/mol. The third kappa shape index (κ3) is 6.10. The number of benzene rings is 2. The number of amidine groups is 1. The van der Waals surface area contributed by atoms with Gasteiger partial charge in [-0.1, -0.05) is 29.4 Å². The van der Waals surface area contributed by atoms with E-state index in [0.717, 1.165) is 5.75 Å². The molecule has 0 aromatic heterocycles. The van der Waals surface area contributed by atoms with Gasteiger partial charge in [0.15, 0.2) is 5.78 Å². The fraction of sp³-hybridized carbons (Fsp3) is 0.190. The van der Waals surface area contributed by atoms with Crippen molar-refractivity contribution < 1.29 is 14.3 Å². The summed E-state index contributed by atoms with van der Waals surface area (Å²) in [6, 6.07) is 14.1. The van der Waals surface area contributed by atoms with Crippen molar-refractivity contribution in [1.82, 2.24) is 5.01 Å². The fourth-order valence-corrected chi connectivity index (χ4v) is 3.37. The molecule has 2 aromatic rings. The van der Waals surface area contributed by atoms with Crippen LogP contribution in [0.15, 0.2) is 71.3 Å². The highest BCUT2D eigenvalue weighted by Gasteiger charge is 2.18. The van der Waals surface area contributed by atoms with Gasteiger partial charge in [-0.25, -0.2) is 0 Å². The lowest BCUT2D eigenvalue weighted by atomic mass is 10.1. The maximum Gasteiger partial charge on any atom is 0.218 e. The number of thioether (sulfide) groups is 1. The average molecular weight is 430 g/mol. The van der Waals surface area contributed by atoms with Gasteiger partial charge in [-0.2, -0.15) is 4.99 Å². The molecule has 6 nitrogen and oxygen atoms in total. The van der Waals surface area contributed by atoms with Crippen LogP contribution in [-0.4, -0.2) is 47.8 Å². The van der Waals surface area contributed by atoms with Gasteiger partial charge >= 0.3 is 0 Å². The second-order valence-corrected chi connectivity index (χ2v) is 7.40. The highest BCUT2D eigenvalue weighted by Crippen LogP contribution is 2.20. The van der Waals surface area contributed by atoms with Gasteiger partial charge in [0.05, 0.1) is 19.4 Å². The van der Waals surface area contributed by atoms with E-state index >= 15 is 0 Å². The summed E-state index contributed by atoms with van der Waals surface area (Å²) in [5.74, 6) is 2.07. The highest BCUT2D eigenvalue weighted by atomic mass is 35.5. The molecule has 3 rings (SSSR count). The number of hydrazone groups is 1. The minimum absolute atomic E-state index is 0.0250. The molecule has 0 unspecified atom stereocenters. The number of carbonyl (C=O) groups is 1. The predicted molar refractivity (Wildman–Crippen MR) is 119 cm³/mol. The summed E-state index contributed by atoms with van der Waals surface area (Å²) in [6.45, 7) is 4.70. The van der Waals surface area contributed by atoms with Crippen LogP contribution in [0.25, 0.3) is 0 Å². The molecule has 29 heavy (non-hydrogen) atoms. The zero-order chi connectivity index (χ0) is 20.6. The van der Waals surface area contributed by atoms with Crippen LogP contribution < -0.4 is 9.47 Å². The predicted octanol–water partition coefficient (Wildman–Crippen LogP) is 4.51. The molecule has 0 saturated heterocycles. The maximum absolute atomic E-state index is 12.4. The van der Waals surface area contributed by atoms with Crippen LogP contribution in [0.2, 0.25) is 5.02 Å². The third-order valence-corrected chi connectivity index (χ3v) is 4.99. The van der Waals surface area contributed by atoms with E-state index in [-0.39, 0.29) is 11.5 Å². The molecule has 0 saturated carbocycles. The molecule has 0 N–H and O–H groups in total. The Bertz CT molecular complexity index is 927. The summed E-state index contributed by atoms with van der Waals surface area (Å²) in [5.41, 5.74) is 0.597. The van der Waals surface area contributed by atoms with Crippen molar-refractivity contribution >= 4 is 40.2 Å². The molecule has 1 heterocycles. The highest BCUT2D eigenvalue weighted by molar-refractivity contribution is 8.14. The Hall–Kier alpha value is -2.77. The third-order valence-electron chi connectivity index (χ3n) is 3.90. The van der Waals surface area contributed by atoms with Gasteiger partial charge < -0.3 is 9.47 Å². The summed E-state index contributed by atoms with van der Waals surface area (Å²) < 4.78 is 11.0. The zero-order valence-corrected chi connectivity index (χ0v) is 17.4. The monoisotopic (exact) mass is 429 g/mol. The van der Waals surface area contributed by atoms with Crippen LogP contribution in [-0.2, 0) is 0 Å². The number of Topliss-reactive ketones (excluding diaryl/α,β-unsaturated/α-hetero) is 1. The number of nitrogens with zero attached hydrogens (tertiary/aromatic N) is 3. The smallest absolute Gasteiger partial charge is 0.218 e. The lowest BCUT2D eigenvalue weighted by molar-refractivity contribution is 0.102. The lowest BCUT2D eigenvalue weighted by Crippen LogP contribution is -2.33. The first kappa shape index (κ1) is 21.0. The molecule has 0 spiro atoms. The fourth-order valence-electron chi connectivity index (χ4n) is 2.48. The van der Waals surface area contributed by atoms with Gasteiger partial charge in [-0.15, -0.1) is 11.7 Å². The molecule has 0 amide bonds. The minimum atomic E-state index is -0.0250. The van der Waals surface area contributed by atoms with Gasteiger partial charge in [-0.05, 0) is 48.5 Å². The van der Waals surface area contributed by atoms with Gasteiger partial charge in [0, 0.05) is 10.6 Å². The first-order chi connectivity index (χ1) is 14.1. The topological polar surface area (TPSA) is 63.5 Å². The normalized spacial score (nSPS) is 13.4. The van der Waals surface area contributed by atoms with E-state index in [0.29, 0.717) is 40.5 Å². The Labute approximate surface area is 178 Å². The summed E-state index contributed by atoms with van der Waals surface area (Å²) in [4.78, 5) is 16.9. The van der Waals surface area contributed by atoms with Gasteiger partial charge in [0.2, 0.25) is 11.1 Å². The Morgan fingerprint density at radius 3 is 2.55 bits per heavy atom. The number of halogens is 1. The van der Waals surface area contributed by atoms with E-state index in [2.05, 4.69) is 16.7 Å². The Kier molecular flexibility index (Phi) is 7.32. The van der Waals surface area contributed by atoms with Crippen LogP contribution in [0.4, 0.5) is 0 Å². The number of ketones is 1. The van der Waals surface area contributed by atoms with E-state index in [9.17, 15) is 4.79 Å². The molecule has 0 radical (unpaired) electrons. The largest absolute Gasteiger partial charge is 0.497 e. The van der Waals surface area contributed by atoms with Gasteiger partial charge in [-0.3, -0.25) is 9.80 Å². The zero-order valence-electron chi connectivity index (χ0n) is 15.9. The molecule has 0 aliphatic carbocycles. The summed E-state index contributed by atoms with van der Waals surface area (Å²) in [7, 11) is 1.61. The second kappa shape index (κ2) is 10.1. The van der Waals surface area contributed by atoms with Crippen molar-refractivity contribution in [3.63, 3.8) is 0 Å². The second-order valence-electron chi connectivity index (χ2n) is 6.02. The molecular formula is C21H20ClN3O3S. The molecule has 1 aliphatic heterocycles. The summed E-state index contributed by atoms with van der Waals surface area (Å²) >= 11 is 7.13.